The fourth-order valence-corrected chi connectivity index (χ4v) is 1.27. The normalized spacial score (nSPS) is 43.7. The van der Waals surface area contributed by atoms with E-state index in [2.05, 4.69) is 0 Å². The molecule has 3 nitrogen and oxygen atoms in total. The number of rotatable bonds is 1. The summed E-state index contributed by atoms with van der Waals surface area (Å²) in [5.74, 6) is -0.301. The molecule has 1 rings (SSSR count). The number of hydrogen-bond donors (Lipinski definition) is 3. The average molecular weight is 132 g/mol. The third kappa shape index (κ3) is 1.23. The van der Waals surface area contributed by atoms with E-state index in [9.17, 15) is 0 Å². The van der Waals surface area contributed by atoms with Gasteiger partial charge in [0.2, 0.25) is 0 Å². The maximum Gasteiger partial charge on any atom is 0.0616 e. The van der Waals surface area contributed by atoms with E-state index in [0.717, 1.165) is 0 Å². The van der Waals surface area contributed by atoms with Gasteiger partial charge in [-0.15, -0.1) is 0 Å². The lowest BCUT2D eigenvalue weighted by Gasteiger charge is -2.13. The van der Waals surface area contributed by atoms with Gasteiger partial charge in [-0.25, -0.2) is 0 Å². The Kier molecular flexibility index (Phi) is 2.05. The second-order valence-electron chi connectivity index (χ2n) is 2.56. The molecule has 3 N–H and O–H groups in total. The molecule has 1 fully saturated rings. The van der Waals surface area contributed by atoms with Crippen LogP contribution in [0.25, 0.3) is 0 Å². The third-order valence-corrected chi connectivity index (χ3v) is 1.96. The third-order valence-electron chi connectivity index (χ3n) is 1.96. The SMILES string of the molecule is OCC1C(O)CC[C@@H]1O. The fourth-order valence-electron chi connectivity index (χ4n) is 1.27. The van der Waals surface area contributed by atoms with Crippen molar-refractivity contribution in [1.82, 2.24) is 0 Å². The second-order valence-corrected chi connectivity index (χ2v) is 2.56. The molecule has 0 heterocycles. The average Bonchev–Trinajstić information content (AvgIpc) is 2.12. The van der Waals surface area contributed by atoms with Crippen LogP contribution < -0.4 is 0 Å². The van der Waals surface area contributed by atoms with Crippen molar-refractivity contribution in [3.63, 3.8) is 0 Å². The summed E-state index contributed by atoms with van der Waals surface area (Å²) >= 11 is 0. The van der Waals surface area contributed by atoms with Crippen molar-refractivity contribution in [2.75, 3.05) is 6.61 Å². The minimum atomic E-state index is -0.495. The zero-order chi connectivity index (χ0) is 6.85. The molecule has 0 aromatic heterocycles. The van der Waals surface area contributed by atoms with Gasteiger partial charge in [0.25, 0.3) is 0 Å². The molecule has 54 valence electrons. The van der Waals surface area contributed by atoms with Gasteiger partial charge in [0.05, 0.1) is 18.8 Å². The number of hydrogen-bond acceptors (Lipinski definition) is 3. The Bertz CT molecular complexity index is 84.3. The summed E-state index contributed by atoms with van der Waals surface area (Å²) in [6.07, 6.45) is 0.244. The van der Waals surface area contributed by atoms with Crippen molar-refractivity contribution < 1.29 is 15.3 Å². The van der Waals surface area contributed by atoms with Gasteiger partial charge in [-0.2, -0.15) is 0 Å². The largest absolute Gasteiger partial charge is 0.396 e. The van der Waals surface area contributed by atoms with Crippen LogP contribution in [-0.4, -0.2) is 34.1 Å². The van der Waals surface area contributed by atoms with Gasteiger partial charge in [-0.3, -0.25) is 0 Å². The van der Waals surface area contributed by atoms with E-state index in [4.69, 9.17) is 15.3 Å². The topological polar surface area (TPSA) is 60.7 Å². The Morgan fingerprint density at radius 3 is 1.78 bits per heavy atom. The highest BCUT2D eigenvalue weighted by Gasteiger charge is 2.32. The molecule has 0 radical (unpaired) electrons. The van der Waals surface area contributed by atoms with Crippen molar-refractivity contribution in [3.8, 4) is 0 Å². The highest BCUT2D eigenvalue weighted by molar-refractivity contribution is 4.83. The predicted molar refractivity (Wildman–Crippen MR) is 31.8 cm³/mol. The molecule has 1 aliphatic rings. The van der Waals surface area contributed by atoms with Crippen LogP contribution in [0.4, 0.5) is 0 Å². The summed E-state index contributed by atoms with van der Waals surface area (Å²) in [5.41, 5.74) is 0. The van der Waals surface area contributed by atoms with E-state index in [1.807, 2.05) is 0 Å². The number of aliphatic hydroxyl groups excluding tert-OH is 3. The standard InChI is InChI=1S/C6H12O3/c7-3-4-5(8)1-2-6(4)9/h4-9H,1-3H2/t4?,5-,6?/m0/s1. The zero-order valence-corrected chi connectivity index (χ0v) is 5.20. The van der Waals surface area contributed by atoms with Crippen LogP contribution >= 0.6 is 0 Å². The molecule has 0 saturated heterocycles. The van der Waals surface area contributed by atoms with Gasteiger partial charge in [0.15, 0.2) is 0 Å². The molecule has 3 atom stereocenters. The minimum Gasteiger partial charge on any atom is -0.396 e. The maximum atomic E-state index is 9.04. The summed E-state index contributed by atoms with van der Waals surface area (Å²) in [5, 5.41) is 26.7. The van der Waals surface area contributed by atoms with Gasteiger partial charge in [0, 0.05) is 5.92 Å². The van der Waals surface area contributed by atoms with Crippen molar-refractivity contribution in [2.45, 2.75) is 25.0 Å². The summed E-state index contributed by atoms with van der Waals surface area (Å²) in [7, 11) is 0. The van der Waals surface area contributed by atoms with Gasteiger partial charge in [0.1, 0.15) is 0 Å². The Labute approximate surface area is 53.9 Å². The van der Waals surface area contributed by atoms with Gasteiger partial charge < -0.3 is 15.3 Å². The lowest BCUT2D eigenvalue weighted by Crippen LogP contribution is -2.25. The fraction of sp³-hybridized carbons (Fsp3) is 1.00. The molecule has 0 aromatic rings. The van der Waals surface area contributed by atoms with E-state index < -0.39 is 12.2 Å². The van der Waals surface area contributed by atoms with Crippen LogP contribution in [0.15, 0.2) is 0 Å². The van der Waals surface area contributed by atoms with E-state index in [1.54, 1.807) is 0 Å². The summed E-state index contributed by atoms with van der Waals surface area (Å²) in [6, 6.07) is 0. The van der Waals surface area contributed by atoms with E-state index in [0.29, 0.717) is 12.8 Å². The van der Waals surface area contributed by atoms with Crippen LogP contribution in [0, 0.1) is 5.92 Å². The molecule has 1 saturated carbocycles. The van der Waals surface area contributed by atoms with Gasteiger partial charge in [-0.05, 0) is 12.8 Å². The van der Waals surface area contributed by atoms with Crippen LogP contribution in [0.5, 0.6) is 0 Å². The Balaban J connectivity index is 2.44. The first kappa shape index (κ1) is 6.99. The van der Waals surface area contributed by atoms with Crippen molar-refractivity contribution in [3.05, 3.63) is 0 Å². The smallest absolute Gasteiger partial charge is 0.0616 e. The van der Waals surface area contributed by atoms with E-state index in [-0.39, 0.29) is 12.5 Å². The van der Waals surface area contributed by atoms with Crippen LogP contribution in [0.1, 0.15) is 12.8 Å². The van der Waals surface area contributed by atoms with E-state index >= 15 is 0 Å². The Morgan fingerprint density at radius 2 is 1.56 bits per heavy atom. The Hall–Kier alpha value is -0.120. The molecular weight excluding hydrogens is 120 g/mol. The zero-order valence-electron chi connectivity index (χ0n) is 5.20. The van der Waals surface area contributed by atoms with Crippen LogP contribution in [-0.2, 0) is 0 Å². The molecular formula is C6H12O3. The minimum absolute atomic E-state index is 0.109. The van der Waals surface area contributed by atoms with Crippen LogP contribution in [0.2, 0.25) is 0 Å². The summed E-state index contributed by atoms with van der Waals surface area (Å²) < 4.78 is 0. The lowest BCUT2D eigenvalue weighted by atomic mass is 10.1. The molecule has 0 bridgehead atoms. The highest BCUT2D eigenvalue weighted by Crippen LogP contribution is 2.25. The summed E-state index contributed by atoms with van der Waals surface area (Å²) in [4.78, 5) is 0. The van der Waals surface area contributed by atoms with E-state index in [1.165, 1.54) is 0 Å². The molecule has 1 aliphatic carbocycles. The predicted octanol–water partition coefficient (Wildman–Crippen LogP) is -0.890. The summed E-state index contributed by atoms with van der Waals surface area (Å²) in [6.45, 7) is -0.109. The van der Waals surface area contributed by atoms with Crippen molar-refractivity contribution in [1.29, 1.82) is 0 Å². The highest BCUT2D eigenvalue weighted by atomic mass is 16.3. The molecule has 2 unspecified atom stereocenters. The molecule has 0 aliphatic heterocycles. The first-order valence-corrected chi connectivity index (χ1v) is 3.22. The second kappa shape index (κ2) is 2.64. The maximum absolute atomic E-state index is 9.04. The van der Waals surface area contributed by atoms with Crippen LogP contribution in [0.3, 0.4) is 0 Å². The van der Waals surface area contributed by atoms with Crippen molar-refractivity contribution in [2.24, 2.45) is 5.92 Å². The molecule has 0 aromatic carbocycles. The van der Waals surface area contributed by atoms with Gasteiger partial charge >= 0.3 is 0 Å². The molecule has 0 amide bonds. The first-order chi connectivity index (χ1) is 4.25. The molecule has 0 spiro atoms. The first-order valence-electron chi connectivity index (χ1n) is 3.22. The monoisotopic (exact) mass is 132 g/mol. The quantitative estimate of drug-likeness (QED) is 0.434. The molecule has 9 heavy (non-hydrogen) atoms. The molecule has 3 heteroatoms. The van der Waals surface area contributed by atoms with Crippen molar-refractivity contribution >= 4 is 0 Å². The Morgan fingerprint density at radius 1 is 1.11 bits per heavy atom. The van der Waals surface area contributed by atoms with Gasteiger partial charge in [-0.1, -0.05) is 0 Å². The lowest BCUT2D eigenvalue weighted by molar-refractivity contribution is 0.0291. The number of aliphatic hydroxyl groups is 3.